The molecule has 1 aliphatic heterocycles. The molecule has 0 spiro atoms. The minimum absolute atomic E-state index is 0.0428. The van der Waals surface area contributed by atoms with Crippen LogP contribution < -0.4 is 10.1 Å². The lowest BCUT2D eigenvalue weighted by Gasteiger charge is -2.32. The van der Waals surface area contributed by atoms with E-state index in [1.807, 2.05) is 21.7 Å². The summed E-state index contributed by atoms with van der Waals surface area (Å²) in [5, 5.41) is 7.16. The zero-order chi connectivity index (χ0) is 24.9. The number of anilines is 1. The van der Waals surface area contributed by atoms with Crippen LogP contribution in [-0.2, 0) is 4.79 Å². The van der Waals surface area contributed by atoms with Crippen molar-refractivity contribution in [1.29, 1.82) is 0 Å². The molecule has 1 N–H and O–H groups in total. The van der Waals surface area contributed by atoms with Crippen molar-refractivity contribution < 1.29 is 18.7 Å². The number of nitrogens with zero attached hydrogens (tertiary/aromatic N) is 3. The second kappa shape index (κ2) is 11.0. The first-order valence-electron chi connectivity index (χ1n) is 11.6. The number of rotatable bonds is 7. The summed E-state index contributed by atoms with van der Waals surface area (Å²) >= 11 is 3.52. The maximum Gasteiger partial charge on any atom is 0.262 e. The molecule has 0 unspecified atom stereocenters. The molecule has 3 aromatic rings. The van der Waals surface area contributed by atoms with Crippen LogP contribution in [-0.4, -0.2) is 46.2 Å². The molecule has 7 nitrogen and oxygen atoms in total. The summed E-state index contributed by atoms with van der Waals surface area (Å²) in [6, 6.07) is 11.5. The van der Waals surface area contributed by atoms with Gasteiger partial charge in [0.1, 0.15) is 11.6 Å². The van der Waals surface area contributed by atoms with E-state index in [1.54, 1.807) is 12.4 Å². The lowest BCUT2D eigenvalue weighted by atomic mass is 9.99. The Morgan fingerprint density at radius 2 is 1.89 bits per heavy atom. The number of likely N-dealkylation sites (tertiary alicyclic amines) is 1. The number of halogens is 2. The normalized spacial score (nSPS) is 14.3. The van der Waals surface area contributed by atoms with Gasteiger partial charge in [0.05, 0.1) is 17.9 Å². The van der Waals surface area contributed by atoms with Gasteiger partial charge in [-0.25, -0.2) is 4.39 Å². The molecule has 1 aromatic heterocycles. The van der Waals surface area contributed by atoms with Crippen LogP contribution >= 0.6 is 15.9 Å². The Kier molecular flexibility index (Phi) is 7.85. The van der Waals surface area contributed by atoms with Gasteiger partial charge in [0.15, 0.2) is 6.61 Å². The van der Waals surface area contributed by atoms with Crippen molar-refractivity contribution in [2.75, 3.05) is 25.0 Å². The number of hydrogen-bond donors (Lipinski definition) is 1. The van der Waals surface area contributed by atoms with Gasteiger partial charge in [-0.3, -0.25) is 14.3 Å². The van der Waals surface area contributed by atoms with E-state index in [0.717, 1.165) is 22.9 Å². The van der Waals surface area contributed by atoms with Crippen LogP contribution in [0.1, 0.15) is 54.6 Å². The van der Waals surface area contributed by atoms with Gasteiger partial charge < -0.3 is 15.0 Å². The van der Waals surface area contributed by atoms with Crippen molar-refractivity contribution in [3.63, 3.8) is 0 Å². The van der Waals surface area contributed by atoms with Crippen molar-refractivity contribution in [3.05, 3.63) is 76.3 Å². The van der Waals surface area contributed by atoms with E-state index in [2.05, 4.69) is 46.3 Å². The Balaban J connectivity index is 1.28. The number of aromatic nitrogens is 2. The predicted molar refractivity (Wildman–Crippen MR) is 135 cm³/mol. The monoisotopic (exact) mass is 542 g/mol. The number of piperidine rings is 1. The topological polar surface area (TPSA) is 76.5 Å². The molecule has 0 bridgehead atoms. The number of amides is 2. The van der Waals surface area contributed by atoms with Gasteiger partial charge in [0.25, 0.3) is 11.8 Å². The van der Waals surface area contributed by atoms with Crippen LogP contribution in [0.15, 0.2) is 59.3 Å². The van der Waals surface area contributed by atoms with Crippen molar-refractivity contribution in [3.8, 4) is 5.75 Å². The number of hydrogen-bond acceptors (Lipinski definition) is 4. The molecular formula is C26H28BrFN4O3. The minimum Gasteiger partial charge on any atom is -0.484 e. The van der Waals surface area contributed by atoms with Gasteiger partial charge in [0.2, 0.25) is 0 Å². The summed E-state index contributed by atoms with van der Waals surface area (Å²) in [7, 11) is 0. The lowest BCUT2D eigenvalue weighted by Crippen LogP contribution is -2.39. The SMILES string of the molecule is CC(C)c1cc(Br)cc(C(=O)N2CCC(n3cc(NC(=O)COc4ccc(F)cc4)cn3)CC2)c1. The predicted octanol–water partition coefficient (Wildman–Crippen LogP) is 5.40. The third kappa shape index (κ3) is 6.48. The van der Waals surface area contributed by atoms with Crippen molar-refractivity contribution >= 4 is 33.4 Å². The molecule has 2 aromatic carbocycles. The second-order valence-corrected chi connectivity index (χ2v) is 9.87. The first-order chi connectivity index (χ1) is 16.8. The molecule has 1 aliphatic rings. The largest absolute Gasteiger partial charge is 0.484 e. The highest BCUT2D eigenvalue weighted by Gasteiger charge is 2.26. The maximum absolute atomic E-state index is 13.1. The van der Waals surface area contributed by atoms with E-state index in [4.69, 9.17) is 4.74 Å². The van der Waals surface area contributed by atoms with Crippen molar-refractivity contribution in [2.45, 2.75) is 38.6 Å². The quantitative estimate of drug-likeness (QED) is 0.433. The molecule has 2 amide bonds. The summed E-state index contributed by atoms with van der Waals surface area (Å²) < 4.78 is 21.1. The highest BCUT2D eigenvalue weighted by Crippen LogP contribution is 2.27. The zero-order valence-electron chi connectivity index (χ0n) is 19.7. The van der Waals surface area contributed by atoms with Crippen molar-refractivity contribution in [1.82, 2.24) is 14.7 Å². The Hall–Kier alpha value is -3.20. The molecule has 0 atom stereocenters. The average Bonchev–Trinajstić information content (AvgIpc) is 3.31. The fourth-order valence-electron chi connectivity index (χ4n) is 4.06. The summed E-state index contributed by atoms with van der Waals surface area (Å²) in [6.45, 7) is 5.31. The number of nitrogens with one attached hydrogen (secondary N) is 1. The molecule has 184 valence electrons. The van der Waals surface area contributed by atoms with Crippen LogP contribution in [0.2, 0.25) is 0 Å². The van der Waals surface area contributed by atoms with Crippen LogP contribution in [0.25, 0.3) is 0 Å². The first-order valence-corrected chi connectivity index (χ1v) is 12.4. The first kappa shape index (κ1) is 24.9. The highest BCUT2D eigenvalue weighted by atomic mass is 79.9. The fourth-order valence-corrected chi connectivity index (χ4v) is 4.58. The van der Waals surface area contributed by atoms with E-state index < -0.39 is 0 Å². The molecule has 4 rings (SSSR count). The Morgan fingerprint density at radius 1 is 1.17 bits per heavy atom. The highest BCUT2D eigenvalue weighted by molar-refractivity contribution is 9.10. The molecule has 1 fully saturated rings. The maximum atomic E-state index is 13.1. The zero-order valence-corrected chi connectivity index (χ0v) is 21.3. The number of benzene rings is 2. The van der Waals surface area contributed by atoms with Crippen LogP contribution in [0.3, 0.4) is 0 Å². The van der Waals surface area contributed by atoms with Gasteiger partial charge in [-0.2, -0.15) is 5.10 Å². The molecule has 0 radical (unpaired) electrons. The van der Waals surface area contributed by atoms with Gasteiger partial charge in [-0.15, -0.1) is 0 Å². The summed E-state index contributed by atoms with van der Waals surface area (Å²) in [4.78, 5) is 27.2. The Morgan fingerprint density at radius 3 is 2.57 bits per heavy atom. The Bertz CT molecular complexity index is 1190. The van der Waals surface area contributed by atoms with Gasteiger partial charge >= 0.3 is 0 Å². The number of carbonyl (C=O) groups excluding carboxylic acids is 2. The summed E-state index contributed by atoms with van der Waals surface area (Å²) in [5.74, 6) is 0.110. The number of ether oxygens (including phenoxy) is 1. The van der Waals surface area contributed by atoms with E-state index >= 15 is 0 Å². The lowest BCUT2D eigenvalue weighted by molar-refractivity contribution is -0.118. The molecule has 9 heteroatoms. The molecule has 0 saturated carbocycles. The van der Waals surface area contributed by atoms with Gasteiger partial charge in [-0.1, -0.05) is 29.8 Å². The van der Waals surface area contributed by atoms with Crippen molar-refractivity contribution in [2.24, 2.45) is 0 Å². The van der Waals surface area contributed by atoms with E-state index in [-0.39, 0.29) is 30.3 Å². The third-order valence-electron chi connectivity index (χ3n) is 6.03. The standard InChI is InChI=1S/C26H28BrFN4O3/c1-17(2)18-11-19(13-20(27)12-18)26(34)31-9-7-23(8-10-31)32-15-22(14-29-32)30-25(33)16-35-24-5-3-21(28)4-6-24/h3-6,11-15,17,23H,7-10,16H2,1-2H3,(H,30,33). The van der Waals surface area contributed by atoms with E-state index in [0.29, 0.717) is 36.0 Å². The van der Waals surface area contributed by atoms with Crippen LogP contribution in [0.4, 0.5) is 10.1 Å². The Labute approximate surface area is 212 Å². The van der Waals surface area contributed by atoms with Crippen LogP contribution in [0.5, 0.6) is 5.75 Å². The summed E-state index contributed by atoms with van der Waals surface area (Å²) in [6.07, 6.45) is 4.95. The average molecular weight is 543 g/mol. The molecule has 0 aliphatic carbocycles. The second-order valence-electron chi connectivity index (χ2n) is 8.95. The van der Waals surface area contributed by atoms with Gasteiger partial charge in [-0.05, 0) is 66.8 Å². The van der Waals surface area contributed by atoms with Crippen LogP contribution in [0, 0.1) is 5.82 Å². The van der Waals surface area contributed by atoms with E-state index in [9.17, 15) is 14.0 Å². The minimum atomic E-state index is -0.363. The number of carbonyl (C=O) groups is 2. The van der Waals surface area contributed by atoms with E-state index in [1.165, 1.54) is 24.3 Å². The molecule has 2 heterocycles. The smallest absolute Gasteiger partial charge is 0.262 e. The molecule has 1 saturated heterocycles. The fraction of sp³-hybridized carbons (Fsp3) is 0.346. The summed E-state index contributed by atoms with van der Waals surface area (Å²) in [5.41, 5.74) is 2.41. The molecule has 35 heavy (non-hydrogen) atoms. The van der Waals surface area contributed by atoms with Gasteiger partial charge in [0, 0.05) is 29.3 Å². The third-order valence-corrected chi connectivity index (χ3v) is 6.49. The molecular weight excluding hydrogens is 515 g/mol.